The molecule has 3 unspecified atom stereocenters. The first-order valence-electron chi connectivity index (χ1n) is 7.32. The Bertz CT molecular complexity index is 769. The van der Waals surface area contributed by atoms with Gasteiger partial charge >= 0.3 is 0 Å². The second-order valence-corrected chi connectivity index (χ2v) is 7.01. The molecule has 3 atom stereocenters. The number of allylic oxidation sites excluding steroid dienone is 2. The van der Waals surface area contributed by atoms with Crippen molar-refractivity contribution in [3.05, 3.63) is 74.7 Å². The van der Waals surface area contributed by atoms with E-state index in [0.717, 1.165) is 22.7 Å². The van der Waals surface area contributed by atoms with Crippen molar-refractivity contribution < 1.29 is 0 Å². The molecule has 0 amide bonds. The molecule has 1 nitrogen and oxygen atoms in total. The molecule has 4 heteroatoms. The third kappa shape index (κ3) is 2.15. The fraction of sp³-hybridized carbons (Fsp3) is 0.222. The van der Waals surface area contributed by atoms with Gasteiger partial charge in [0, 0.05) is 5.92 Å². The Kier molecular flexibility index (Phi) is 3.60. The van der Waals surface area contributed by atoms with Crippen molar-refractivity contribution >= 4 is 40.5 Å². The Morgan fingerprint density at radius 1 is 0.909 bits per heavy atom. The summed E-state index contributed by atoms with van der Waals surface area (Å²) in [7, 11) is 0. The second-order valence-electron chi connectivity index (χ2n) is 5.82. The SMILES string of the molecule is Clc1cccc(C2Nc3c(Cl)cccc3C3C=CCC32)c1Cl. The van der Waals surface area contributed by atoms with Crippen molar-refractivity contribution in [3.8, 4) is 0 Å². The minimum absolute atomic E-state index is 0.110. The molecule has 22 heavy (non-hydrogen) atoms. The Morgan fingerprint density at radius 3 is 2.45 bits per heavy atom. The van der Waals surface area contributed by atoms with E-state index in [2.05, 4.69) is 23.5 Å². The summed E-state index contributed by atoms with van der Waals surface area (Å²) >= 11 is 19.1. The molecule has 112 valence electrons. The van der Waals surface area contributed by atoms with Gasteiger partial charge in [-0.3, -0.25) is 0 Å². The van der Waals surface area contributed by atoms with Crippen molar-refractivity contribution in [1.29, 1.82) is 0 Å². The van der Waals surface area contributed by atoms with E-state index in [9.17, 15) is 0 Å². The summed E-state index contributed by atoms with van der Waals surface area (Å²) in [5.41, 5.74) is 3.32. The van der Waals surface area contributed by atoms with Crippen LogP contribution < -0.4 is 5.32 Å². The van der Waals surface area contributed by atoms with Crippen LogP contribution in [0.25, 0.3) is 0 Å². The number of fused-ring (bicyclic) bond motifs is 3. The van der Waals surface area contributed by atoms with Gasteiger partial charge in [-0.05, 0) is 35.6 Å². The van der Waals surface area contributed by atoms with Crippen LogP contribution in [0.2, 0.25) is 15.1 Å². The van der Waals surface area contributed by atoms with Gasteiger partial charge in [0.1, 0.15) is 0 Å². The molecule has 0 saturated carbocycles. The van der Waals surface area contributed by atoms with Crippen LogP contribution in [0.3, 0.4) is 0 Å². The molecule has 1 N–H and O–H groups in total. The van der Waals surface area contributed by atoms with Gasteiger partial charge < -0.3 is 5.32 Å². The summed E-state index contributed by atoms with van der Waals surface area (Å²) in [6, 6.07) is 12.0. The lowest BCUT2D eigenvalue weighted by molar-refractivity contribution is 0.426. The van der Waals surface area contributed by atoms with Gasteiger partial charge in [-0.25, -0.2) is 0 Å². The minimum Gasteiger partial charge on any atom is -0.376 e. The molecule has 0 spiro atoms. The summed E-state index contributed by atoms with van der Waals surface area (Å²) in [6.07, 6.45) is 5.56. The van der Waals surface area contributed by atoms with E-state index in [0.29, 0.717) is 21.9 Å². The zero-order chi connectivity index (χ0) is 15.3. The predicted molar refractivity (Wildman–Crippen MR) is 94.3 cm³/mol. The molecule has 0 aromatic heterocycles. The van der Waals surface area contributed by atoms with Gasteiger partial charge in [0.05, 0.1) is 26.8 Å². The average Bonchev–Trinajstić information content (AvgIpc) is 3.00. The number of hydrogen-bond donors (Lipinski definition) is 1. The van der Waals surface area contributed by atoms with Crippen LogP contribution in [0.4, 0.5) is 5.69 Å². The topological polar surface area (TPSA) is 12.0 Å². The largest absolute Gasteiger partial charge is 0.376 e. The van der Waals surface area contributed by atoms with Crippen LogP contribution in [0.1, 0.15) is 29.5 Å². The highest BCUT2D eigenvalue weighted by molar-refractivity contribution is 6.42. The van der Waals surface area contributed by atoms with E-state index in [4.69, 9.17) is 34.8 Å². The number of halogens is 3. The molecule has 1 aliphatic heterocycles. The fourth-order valence-electron chi connectivity index (χ4n) is 3.65. The van der Waals surface area contributed by atoms with E-state index in [1.807, 2.05) is 30.3 Å². The number of para-hydroxylation sites is 1. The first-order chi connectivity index (χ1) is 10.7. The quantitative estimate of drug-likeness (QED) is 0.581. The smallest absolute Gasteiger partial charge is 0.0645 e. The minimum atomic E-state index is 0.110. The summed E-state index contributed by atoms with van der Waals surface area (Å²) in [5.74, 6) is 0.803. The van der Waals surface area contributed by atoms with E-state index < -0.39 is 0 Å². The van der Waals surface area contributed by atoms with Gasteiger partial charge in [0.2, 0.25) is 0 Å². The second kappa shape index (κ2) is 5.49. The van der Waals surface area contributed by atoms with E-state index in [1.54, 1.807) is 0 Å². The molecular weight excluding hydrogens is 337 g/mol. The van der Waals surface area contributed by atoms with Crippen molar-refractivity contribution in [1.82, 2.24) is 0 Å². The van der Waals surface area contributed by atoms with Gasteiger partial charge in [0.25, 0.3) is 0 Å². The maximum atomic E-state index is 6.46. The Hall–Kier alpha value is -1.15. The highest BCUT2D eigenvalue weighted by atomic mass is 35.5. The molecule has 2 aromatic rings. The molecule has 1 heterocycles. The Balaban J connectivity index is 1.86. The molecule has 0 saturated heterocycles. The zero-order valence-corrected chi connectivity index (χ0v) is 14.0. The number of hydrogen-bond acceptors (Lipinski definition) is 1. The maximum absolute atomic E-state index is 6.46. The fourth-order valence-corrected chi connectivity index (χ4v) is 4.31. The summed E-state index contributed by atoms with van der Waals surface area (Å²) in [5, 5.41) is 5.57. The number of benzene rings is 2. The van der Waals surface area contributed by atoms with Crippen molar-refractivity contribution in [3.63, 3.8) is 0 Å². The Morgan fingerprint density at radius 2 is 1.64 bits per heavy atom. The number of anilines is 1. The van der Waals surface area contributed by atoms with Gasteiger partial charge in [-0.15, -0.1) is 0 Å². The number of nitrogens with one attached hydrogen (secondary N) is 1. The predicted octanol–water partition coefficient (Wildman–Crippen LogP) is 6.47. The highest BCUT2D eigenvalue weighted by Crippen LogP contribution is 2.52. The van der Waals surface area contributed by atoms with Crippen LogP contribution in [0.15, 0.2) is 48.6 Å². The van der Waals surface area contributed by atoms with Gasteiger partial charge in [-0.1, -0.05) is 71.2 Å². The van der Waals surface area contributed by atoms with Crippen LogP contribution in [-0.4, -0.2) is 0 Å². The zero-order valence-electron chi connectivity index (χ0n) is 11.7. The maximum Gasteiger partial charge on any atom is 0.0645 e. The van der Waals surface area contributed by atoms with E-state index >= 15 is 0 Å². The third-order valence-electron chi connectivity index (χ3n) is 4.66. The molecule has 0 fully saturated rings. The lowest BCUT2D eigenvalue weighted by Crippen LogP contribution is -2.29. The average molecular weight is 351 g/mol. The van der Waals surface area contributed by atoms with Crippen LogP contribution >= 0.6 is 34.8 Å². The van der Waals surface area contributed by atoms with Crippen molar-refractivity contribution in [2.24, 2.45) is 5.92 Å². The van der Waals surface area contributed by atoms with Crippen LogP contribution in [0, 0.1) is 5.92 Å². The lowest BCUT2D eigenvalue weighted by Gasteiger charge is -2.38. The molecule has 2 aliphatic rings. The van der Waals surface area contributed by atoms with Crippen LogP contribution in [-0.2, 0) is 0 Å². The van der Waals surface area contributed by atoms with Crippen LogP contribution in [0.5, 0.6) is 0 Å². The molecule has 2 aromatic carbocycles. The Labute approximate surface area is 144 Å². The summed E-state index contributed by atoms with van der Waals surface area (Å²) in [4.78, 5) is 0. The molecule has 0 radical (unpaired) electrons. The lowest BCUT2D eigenvalue weighted by atomic mass is 9.77. The highest BCUT2D eigenvalue weighted by Gasteiger charge is 2.39. The number of rotatable bonds is 1. The van der Waals surface area contributed by atoms with Crippen molar-refractivity contribution in [2.45, 2.75) is 18.4 Å². The van der Waals surface area contributed by atoms with Gasteiger partial charge in [0.15, 0.2) is 0 Å². The molecule has 1 aliphatic carbocycles. The van der Waals surface area contributed by atoms with E-state index in [1.165, 1.54) is 5.56 Å². The monoisotopic (exact) mass is 349 g/mol. The van der Waals surface area contributed by atoms with Gasteiger partial charge in [-0.2, -0.15) is 0 Å². The normalized spacial score (nSPS) is 25.5. The first kappa shape index (κ1) is 14.4. The van der Waals surface area contributed by atoms with E-state index in [-0.39, 0.29) is 6.04 Å². The third-order valence-corrected chi connectivity index (χ3v) is 5.81. The summed E-state index contributed by atoms with van der Waals surface area (Å²) in [6.45, 7) is 0. The molecular formula is C18H14Cl3N. The summed E-state index contributed by atoms with van der Waals surface area (Å²) < 4.78 is 0. The molecule has 0 bridgehead atoms. The molecule has 4 rings (SSSR count). The van der Waals surface area contributed by atoms with Crippen molar-refractivity contribution in [2.75, 3.05) is 5.32 Å². The standard InChI is InChI=1S/C18H14Cl3N/c19-14-8-3-7-13(16(14)21)17-11-5-1-4-10(11)12-6-2-9-15(20)18(12)22-17/h1-4,6-11,17,22H,5H2. The first-order valence-corrected chi connectivity index (χ1v) is 8.45.